The predicted octanol–water partition coefficient (Wildman–Crippen LogP) is 4.13. The summed E-state index contributed by atoms with van der Waals surface area (Å²) in [6.45, 7) is -0.553. The van der Waals surface area contributed by atoms with Crippen LogP contribution >= 0.6 is 0 Å². The summed E-state index contributed by atoms with van der Waals surface area (Å²) in [4.78, 5) is 0.0446. The maximum absolute atomic E-state index is 14.6. The van der Waals surface area contributed by atoms with Crippen LogP contribution in [0.1, 0.15) is 11.1 Å². The van der Waals surface area contributed by atoms with E-state index in [9.17, 15) is 26.0 Å². The molecule has 3 nitrogen and oxygen atoms in total. The third-order valence-corrected chi connectivity index (χ3v) is 5.97. The lowest BCUT2D eigenvalue weighted by Gasteiger charge is -2.28. The number of halogens is 4. The first-order valence-electron chi connectivity index (χ1n) is 7.76. The lowest BCUT2D eigenvalue weighted by molar-refractivity contribution is -0.137. The minimum atomic E-state index is -4.53. The van der Waals surface area contributed by atoms with E-state index >= 15 is 0 Å². The van der Waals surface area contributed by atoms with E-state index in [0.29, 0.717) is 0 Å². The van der Waals surface area contributed by atoms with Crippen molar-refractivity contribution in [3.05, 3.63) is 71.8 Å². The van der Waals surface area contributed by atoms with E-state index in [1.807, 2.05) is 0 Å². The lowest BCUT2D eigenvalue weighted by atomic mass is 9.97. The molecule has 8 heteroatoms. The van der Waals surface area contributed by atoms with E-state index in [1.165, 1.54) is 30.3 Å². The van der Waals surface area contributed by atoms with Crippen LogP contribution in [0.2, 0.25) is 0 Å². The van der Waals surface area contributed by atoms with Gasteiger partial charge in [-0.05, 0) is 35.4 Å². The summed E-state index contributed by atoms with van der Waals surface area (Å²) >= 11 is 0. The highest BCUT2D eigenvalue weighted by Gasteiger charge is 2.34. The summed E-state index contributed by atoms with van der Waals surface area (Å²) in [5.74, 6) is 0. The summed E-state index contributed by atoms with van der Waals surface area (Å²) < 4.78 is 79.2. The smallest absolute Gasteiger partial charge is 0.241 e. The Morgan fingerprint density at radius 3 is 2.31 bits per heavy atom. The number of hydrogen-bond acceptors (Lipinski definition) is 2. The van der Waals surface area contributed by atoms with E-state index in [2.05, 4.69) is 0 Å². The monoisotopic (exact) mass is 385 g/mol. The highest BCUT2D eigenvalue weighted by molar-refractivity contribution is 7.89. The molecule has 0 saturated carbocycles. The Bertz CT molecular complexity index is 924. The number of rotatable bonds is 3. The Morgan fingerprint density at radius 2 is 1.69 bits per heavy atom. The molecule has 2 aromatic rings. The van der Waals surface area contributed by atoms with Crippen molar-refractivity contribution in [1.82, 2.24) is 4.31 Å². The Hall–Kier alpha value is -2.19. The van der Waals surface area contributed by atoms with Gasteiger partial charge in [-0.15, -0.1) is 0 Å². The van der Waals surface area contributed by atoms with Crippen LogP contribution < -0.4 is 0 Å². The highest BCUT2D eigenvalue weighted by Crippen LogP contribution is 2.33. The summed E-state index contributed by atoms with van der Waals surface area (Å²) in [5, 5.41) is 0. The summed E-state index contributed by atoms with van der Waals surface area (Å²) in [7, 11) is -3.86. The molecule has 1 aliphatic rings. The van der Waals surface area contributed by atoms with Gasteiger partial charge in [-0.25, -0.2) is 12.8 Å². The molecular weight excluding hydrogens is 370 g/mol. The molecule has 0 bridgehead atoms. The molecule has 1 aliphatic heterocycles. The van der Waals surface area contributed by atoms with Gasteiger partial charge in [-0.2, -0.15) is 17.5 Å². The molecule has 138 valence electrons. The summed E-state index contributed by atoms with van der Waals surface area (Å²) in [6, 6.07) is 12.0. The highest BCUT2D eigenvalue weighted by atomic mass is 32.2. The molecule has 0 amide bonds. The Balaban J connectivity index is 1.89. The van der Waals surface area contributed by atoms with Gasteiger partial charge in [-0.3, -0.25) is 0 Å². The van der Waals surface area contributed by atoms with Crippen LogP contribution in [-0.4, -0.2) is 32.0 Å². The quantitative estimate of drug-likeness (QED) is 0.745. The molecule has 26 heavy (non-hydrogen) atoms. The third-order valence-electron chi connectivity index (χ3n) is 4.12. The number of benzene rings is 2. The van der Waals surface area contributed by atoms with Gasteiger partial charge in [0.05, 0.1) is 10.5 Å². The largest absolute Gasteiger partial charge is 0.416 e. The molecule has 0 aromatic heterocycles. The number of sulfonamides is 1. The molecule has 0 N–H and O–H groups in total. The minimum Gasteiger partial charge on any atom is -0.241 e. The van der Waals surface area contributed by atoms with Crippen LogP contribution in [0, 0.1) is 0 Å². The fourth-order valence-electron chi connectivity index (χ4n) is 2.79. The predicted molar refractivity (Wildman–Crippen MR) is 89.5 cm³/mol. The SMILES string of the molecule is O=S(=O)(c1ccccc1)N1CC=C(c2cccc(C(F)(F)F)c2)C(F)C1. The Labute approximate surface area is 148 Å². The first-order chi connectivity index (χ1) is 12.2. The molecule has 0 saturated heterocycles. The topological polar surface area (TPSA) is 37.4 Å². The van der Waals surface area contributed by atoms with Crippen LogP contribution in [0.4, 0.5) is 17.6 Å². The van der Waals surface area contributed by atoms with Gasteiger partial charge < -0.3 is 0 Å². The van der Waals surface area contributed by atoms with Crippen LogP contribution in [0.5, 0.6) is 0 Å². The fourth-order valence-corrected chi connectivity index (χ4v) is 4.19. The molecule has 1 heterocycles. The van der Waals surface area contributed by atoms with Gasteiger partial charge in [0.15, 0.2) is 0 Å². The van der Waals surface area contributed by atoms with Gasteiger partial charge in [0.25, 0.3) is 0 Å². The molecule has 2 aromatic carbocycles. The molecule has 3 rings (SSSR count). The Kier molecular flexibility index (Phi) is 4.90. The van der Waals surface area contributed by atoms with Crippen LogP contribution in [-0.2, 0) is 16.2 Å². The molecule has 0 spiro atoms. The van der Waals surface area contributed by atoms with Crippen molar-refractivity contribution in [1.29, 1.82) is 0 Å². The molecule has 1 unspecified atom stereocenters. The molecule has 0 fully saturated rings. The molecule has 0 radical (unpaired) electrons. The maximum atomic E-state index is 14.6. The zero-order valence-electron chi connectivity index (χ0n) is 13.4. The van der Waals surface area contributed by atoms with E-state index in [-0.39, 0.29) is 22.6 Å². The number of hydrogen-bond donors (Lipinski definition) is 0. The lowest BCUT2D eigenvalue weighted by Crippen LogP contribution is -2.39. The zero-order chi connectivity index (χ0) is 18.9. The Morgan fingerprint density at radius 1 is 1.00 bits per heavy atom. The van der Waals surface area contributed by atoms with Crippen LogP contribution in [0.3, 0.4) is 0 Å². The maximum Gasteiger partial charge on any atom is 0.416 e. The van der Waals surface area contributed by atoms with Crippen LogP contribution in [0.25, 0.3) is 5.57 Å². The van der Waals surface area contributed by atoms with Gasteiger partial charge in [0.1, 0.15) is 6.17 Å². The second kappa shape index (κ2) is 6.85. The van der Waals surface area contributed by atoms with Crippen molar-refractivity contribution in [3.8, 4) is 0 Å². The first kappa shape index (κ1) is 18.6. The second-order valence-electron chi connectivity index (χ2n) is 5.84. The van der Waals surface area contributed by atoms with Crippen molar-refractivity contribution >= 4 is 15.6 Å². The fraction of sp³-hybridized carbons (Fsp3) is 0.222. The van der Waals surface area contributed by atoms with E-state index in [0.717, 1.165) is 16.4 Å². The van der Waals surface area contributed by atoms with Gasteiger partial charge in [0, 0.05) is 13.1 Å². The normalized spacial score (nSPS) is 19.2. The van der Waals surface area contributed by atoms with Crippen molar-refractivity contribution in [2.75, 3.05) is 13.1 Å². The van der Waals surface area contributed by atoms with Crippen molar-refractivity contribution in [3.63, 3.8) is 0 Å². The first-order valence-corrected chi connectivity index (χ1v) is 9.20. The molecule has 1 atom stereocenters. The van der Waals surface area contributed by atoms with Gasteiger partial charge in [-0.1, -0.05) is 36.4 Å². The van der Waals surface area contributed by atoms with Crippen molar-refractivity contribution < 1.29 is 26.0 Å². The van der Waals surface area contributed by atoms with Crippen LogP contribution in [0.15, 0.2) is 65.6 Å². The van der Waals surface area contributed by atoms with Gasteiger partial charge >= 0.3 is 6.18 Å². The van der Waals surface area contributed by atoms with E-state index in [4.69, 9.17) is 0 Å². The van der Waals surface area contributed by atoms with Crippen molar-refractivity contribution in [2.45, 2.75) is 17.2 Å². The number of alkyl halides is 4. The second-order valence-corrected chi connectivity index (χ2v) is 7.78. The minimum absolute atomic E-state index is 0.0446. The average Bonchev–Trinajstić information content (AvgIpc) is 2.62. The number of nitrogens with zero attached hydrogens (tertiary/aromatic N) is 1. The average molecular weight is 385 g/mol. The summed E-state index contributed by atoms with van der Waals surface area (Å²) in [5.41, 5.74) is -0.706. The van der Waals surface area contributed by atoms with Crippen molar-refractivity contribution in [2.24, 2.45) is 0 Å². The van der Waals surface area contributed by atoms with E-state index < -0.39 is 34.5 Å². The molecule has 0 aliphatic carbocycles. The molecular formula is C18H15F4NO2S. The third kappa shape index (κ3) is 3.66. The van der Waals surface area contributed by atoms with E-state index in [1.54, 1.807) is 18.2 Å². The summed E-state index contributed by atoms with van der Waals surface area (Å²) in [6.07, 6.45) is -4.92. The standard InChI is InChI=1S/C18H15F4NO2S/c19-17-12-23(26(24,25)15-7-2-1-3-8-15)10-9-16(17)13-5-4-6-14(11-13)18(20,21)22/h1-9,11,17H,10,12H2. The van der Waals surface area contributed by atoms with Gasteiger partial charge in [0.2, 0.25) is 10.0 Å². The zero-order valence-corrected chi connectivity index (χ0v) is 14.3.